The minimum absolute atomic E-state index is 0.462. The summed E-state index contributed by atoms with van der Waals surface area (Å²) >= 11 is 1.78. The van der Waals surface area contributed by atoms with E-state index in [1.54, 1.807) is 11.3 Å². The molecule has 3 heteroatoms. The Labute approximate surface area is 132 Å². The van der Waals surface area contributed by atoms with Gasteiger partial charge in [0.1, 0.15) is 0 Å². The van der Waals surface area contributed by atoms with Crippen LogP contribution in [0.4, 0.5) is 5.69 Å². The normalized spacial score (nSPS) is 23.4. The Hall–Kier alpha value is -1.09. The molecule has 1 fully saturated rings. The maximum atomic E-state index is 4.53. The van der Waals surface area contributed by atoms with Crippen LogP contribution in [0.3, 0.4) is 0 Å². The van der Waals surface area contributed by atoms with Gasteiger partial charge in [-0.3, -0.25) is 0 Å². The van der Waals surface area contributed by atoms with Gasteiger partial charge in [0.05, 0.1) is 15.2 Å². The van der Waals surface area contributed by atoms with Crippen molar-refractivity contribution in [3.05, 3.63) is 23.2 Å². The molecule has 0 bridgehead atoms. The second kappa shape index (κ2) is 5.60. The van der Waals surface area contributed by atoms with E-state index < -0.39 is 0 Å². The Bertz CT molecular complexity index is 616. The predicted octanol–water partition coefficient (Wildman–Crippen LogP) is 5.62. The van der Waals surface area contributed by atoms with Crippen LogP contribution in [0, 0.1) is 18.3 Å². The Morgan fingerprint density at radius 1 is 1.14 bits per heavy atom. The van der Waals surface area contributed by atoms with Crippen LogP contribution >= 0.6 is 11.3 Å². The second-order valence-electron chi connectivity index (χ2n) is 7.47. The molecule has 0 radical (unpaired) electrons. The van der Waals surface area contributed by atoms with Crippen molar-refractivity contribution in [2.45, 2.75) is 59.4 Å². The summed E-state index contributed by atoms with van der Waals surface area (Å²) in [6.45, 7) is 9.22. The number of hydrogen-bond donors (Lipinski definition) is 1. The van der Waals surface area contributed by atoms with Crippen LogP contribution < -0.4 is 5.32 Å². The number of anilines is 1. The number of fused-ring (bicyclic) bond motifs is 1. The Balaban J connectivity index is 1.64. The van der Waals surface area contributed by atoms with Gasteiger partial charge in [0, 0.05) is 11.7 Å². The van der Waals surface area contributed by atoms with Crippen molar-refractivity contribution in [1.82, 2.24) is 4.98 Å². The zero-order valence-electron chi connectivity index (χ0n) is 13.6. The van der Waals surface area contributed by atoms with Gasteiger partial charge in [-0.05, 0) is 62.1 Å². The number of thiazole rings is 1. The highest BCUT2D eigenvalue weighted by Gasteiger charge is 2.29. The minimum atomic E-state index is 0.462. The van der Waals surface area contributed by atoms with Crippen molar-refractivity contribution >= 4 is 27.2 Å². The molecule has 1 saturated carbocycles. The maximum Gasteiger partial charge on any atom is 0.0907 e. The zero-order chi connectivity index (χ0) is 15.0. The lowest BCUT2D eigenvalue weighted by molar-refractivity contribution is 0.173. The fourth-order valence-electron chi connectivity index (χ4n) is 3.47. The fraction of sp³-hybridized carbons (Fsp3) is 0.611. The standard InChI is InChI=1S/C18H26N2S/c1-12-19-16-10-9-15(11-17(16)21-12)20-14-7-5-13(6-8-14)18(2,3)4/h9-11,13-14,20H,5-8H2,1-4H3. The molecule has 0 amide bonds. The third-order valence-electron chi connectivity index (χ3n) is 4.82. The second-order valence-corrected chi connectivity index (χ2v) is 8.71. The monoisotopic (exact) mass is 302 g/mol. The van der Waals surface area contributed by atoms with Crippen molar-refractivity contribution in [3.8, 4) is 0 Å². The molecule has 114 valence electrons. The molecule has 1 aliphatic rings. The van der Waals surface area contributed by atoms with E-state index >= 15 is 0 Å². The number of rotatable bonds is 2. The van der Waals surface area contributed by atoms with Gasteiger partial charge in [0.25, 0.3) is 0 Å². The number of aromatic nitrogens is 1. The summed E-state index contributed by atoms with van der Waals surface area (Å²) in [7, 11) is 0. The quantitative estimate of drug-likeness (QED) is 0.778. The van der Waals surface area contributed by atoms with E-state index in [0.29, 0.717) is 11.5 Å². The lowest BCUT2D eigenvalue weighted by atomic mass is 9.71. The van der Waals surface area contributed by atoms with Gasteiger partial charge in [-0.15, -0.1) is 11.3 Å². The summed E-state index contributed by atoms with van der Waals surface area (Å²) in [5.74, 6) is 0.877. The van der Waals surface area contributed by atoms with Crippen molar-refractivity contribution < 1.29 is 0 Å². The van der Waals surface area contributed by atoms with E-state index in [0.717, 1.165) is 16.4 Å². The Morgan fingerprint density at radius 3 is 2.52 bits per heavy atom. The molecule has 1 N–H and O–H groups in total. The molecule has 1 aromatic heterocycles. The van der Waals surface area contributed by atoms with Crippen LogP contribution in [0.1, 0.15) is 51.5 Å². The van der Waals surface area contributed by atoms with Crippen molar-refractivity contribution in [1.29, 1.82) is 0 Å². The average molecular weight is 302 g/mol. The molecule has 0 aliphatic heterocycles. The van der Waals surface area contributed by atoms with Gasteiger partial charge in [0.15, 0.2) is 0 Å². The summed E-state index contributed by atoms with van der Waals surface area (Å²) in [5.41, 5.74) is 2.84. The predicted molar refractivity (Wildman–Crippen MR) is 93.2 cm³/mol. The van der Waals surface area contributed by atoms with Crippen LogP contribution in [0.5, 0.6) is 0 Å². The molecule has 3 rings (SSSR count). The molecule has 2 aromatic rings. The molecule has 21 heavy (non-hydrogen) atoms. The van der Waals surface area contributed by atoms with Gasteiger partial charge < -0.3 is 5.32 Å². The average Bonchev–Trinajstić information content (AvgIpc) is 2.78. The third-order valence-corrected chi connectivity index (χ3v) is 5.75. The molecule has 0 spiro atoms. The SMILES string of the molecule is Cc1nc2ccc(NC3CCC(C(C)(C)C)CC3)cc2s1. The molecule has 2 nitrogen and oxygen atoms in total. The summed E-state index contributed by atoms with van der Waals surface area (Å²) in [5, 5.41) is 4.88. The fourth-order valence-corrected chi connectivity index (χ4v) is 4.34. The summed E-state index contributed by atoms with van der Waals surface area (Å²) in [4.78, 5) is 4.53. The van der Waals surface area contributed by atoms with Crippen LogP contribution in [-0.2, 0) is 0 Å². The lowest BCUT2D eigenvalue weighted by Crippen LogP contribution is -2.31. The summed E-state index contributed by atoms with van der Waals surface area (Å²) in [6, 6.07) is 7.21. The highest BCUT2D eigenvalue weighted by molar-refractivity contribution is 7.18. The summed E-state index contributed by atoms with van der Waals surface area (Å²) < 4.78 is 1.29. The number of nitrogens with one attached hydrogen (secondary N) is 1. The van der Waals surface area contributed by atoms with Gasteiger partial charge in [-0.25, -0.2) is 4.98 Å². The number of aryl methyl sites for hydroxylation is 1. The maximum absolute atomic E-state index is 4.53. The Morgan fingerprint density at radius 2 is 1.86 bits per heavy atom. The number of hydrogen-bond acceptors (Lipinski definition) is 3. The van der Waals surface area contributed by atoms with Gasteiger partial charge >= 0.3 is 0 Å². The van der Waals surface area contributed by atoms with Crippen LogP contribution in [0.25, 0.3) is 10.2 Å². The molecule has 0 atom stereocenters. The zero-order valence-corrected chi connectivity index (χ0v) is 14.4. The first kappa shape index (κ1) is 14.8. The van der Waals surface area contributed by atoms with Gasteiger partial charge in [-0.2, -0.15) is 0 Å². The van der Waals surface area contributed by atoms with E-state index in [4.69, 9.17) is 0 Å². The van der Waals surface area contributed by atoms with E-state index in [2.05, 4.69) is 56.2 Å². The highest BCUT2D eigenvalue weighted by atomic mass is 32.1. The van der Waals surface area contributed by atoms with Crippen LogP contribution in [-0.4, -0.2) is 11.0 Å². The topological polar surface area (TPSA) is 24.9 Å². The molecule has 0 saturated heterocycles. The first-order chi connectivity index (χ1) is 9.91. The number of benzene rings is 1. The third kappa shape index (κ3) is 3.39. The van der Waals surface area contributed by atoms with E-state index in [-0.39, 0.29) is 0 Å². The van der Waals surface area contributed by atoms with E-state index in [1.807, 2.05) is 0 Å². The molecule has 0 unspecified atom stereocenters. The molecule has 1 aromatic carbocycles. The van der Waals surface area contributed by atoms with E-state index in [1.165, 1.54) is 36.1 Å². The molecule has 1 aliphatic carbocycles. The molecular weight excluding hydrogens is 276 g/mol. The number of nitrogens with zero attached hydrogens (tertiary/aromatic N) is 1. The van der Waals surface area contributed by atoms with Gasteiger partial charge in [-0.1, -0.05) is 20.8 Å². The van der Waals surface area contributed by atoms with Crippen molar-refractivity contribution in [3.63, 3.8) is 0 Å². The van der Waals surface area contributed by atoms with Crippen LogP contribution in [0.15, 0.2) is 18.2 Å². The first-order valence-corrected chi connectivity index (χ1v) is 8.87. The first-order valence-electron chi connectivity index (χ1n) is 8.05. The Kier molecular flexibility index (Phi) is 3.96. The van der Waals surface area contributed by atoms with Gasteiger partial charge in [0.2, 0.25) is 0 Å². The smallest absolute Gasteiger partial charge is 0.0907 e. The molecular formula is C18H26N2S. The minimum Gasteiger partial charge on any atom is -0.382 e. The van der Waals surface area contributed by atoms with Crippen molar-refractivity contribution in [2.75, 3.05) is 5.32 Å². The summed E-state index contributed by atoms with van der Waals surface area (Å²) in [6.07, 6.45) is 5.29. The van der Waals surface area contributed by atoms with Crippen molar-refractivity contribution in [2.24, 2.45) is 11.3 Å². The lowest BCUT2D eigenvalue weighted by Gasteiger charge is -2.37. The molecule has 1 heterocycles. The van der Waals surface area contributed by atoms with E-state index in [9.17, 15) is 0 Å². The van der Waals surface area contributed by atoms with Crippen LogP contribution in [0.2, 0.25) is 0 Å². The highest BCUT2D eigenvalue weighted by Crippen LogP contribution is 2.38. The largest absolute Gasteiger partial charge is 0.382 e.